The second kappa shape index (κ2) is 8.20. The van der Waals surface area contributed by atoms with Gasteiger partial charge in [0, 0.05) is 38.8 Å². The van der Waals surface area contributed by atoms with E-state index in [4.69, 9.17) is 4.74 Å². The molecule has 0 aromatic heterocycles. The van der Waals surface area contributed by atoms with Crippen LogP contribution in [0.3, 0.4) is 0 Å². The minimum atomic E-state index is 0.502. The van der Waals surface area contributed by atoms with E-state index in [9.17, 15) is 0 Å². The van der Waals surface area contributed by atoms with Gasteiger partial charge in [0.2, 0.25) is 0 Å². The van der Waals surface area contributed by atoms with Gasteiger partial charge < -0.3 is 10.1 Å². The molecule has 0 aromatic rings. The van der Waals surface area contributed by atoms with Crippen LogP contribution >= 0.6 is 0 Å². The average molecular weight is 269 g/mol. The lowest BCUT2D eigenvalue weighted by Gasteiger charge is -2.38. The van der Waals surface area contributed by atoms with E-state index in [1.54, 1.807) is 0 Å². The van der Waals surface area contributed by atoms with Crippen molar-refractivity contribution in [3.63, 3.8) is 0 Å². The zero-order chi connectivity index (χ0) is 13.5. The largest absolute Gasteiger partial charge is 0.377 e. The van der Waals surface area contributed by atoms with E-state index in [1.807, 2.05) is 0 Å². The molecule has 2 saturated heterocycles. The van der Waals surface area contributed by atoms with Gasteiger partial charge in [0.25, 0.3) is 0 Å². The first-order valence-electron chi connectivity index (χ1n) is 8.08. The Morgan fingerprint density at radius 2 is 1.84 bits per heavy atom. The topological polar surface area (TPSA) is 27.7 Å². The molecule has 112 valence electrons. The highest BCUT2D eigenvalue weighted by molar-refractivity contribution is 4.76. The van der Waals surface area contributed by atoms with Crippen molar-refractivity contribution >= 4 is 0 Å². The van der Waals surface area contributed by atoms with Gasteiger partial charge in [-0.3, -0.25) is 9.80 Å². The molecule has 0 spiro atoms. The normalized spacial score (nSPS) is 25.6. The van der Waals surface area contributed by atoms with Crippen LogP contribution in [0.5, 0.6) is 0 Å². The van der Waals surface area contributed by atoms with Gasteiger partial charge in [0.15, 0.2) is 0 Å². The number of rotatable bonds is 6. The van der Waals surface area contributed by atoms with Crippen LogP contribution in [0.2, 0.25) is 0 Å². The van der Waals surface area contributed by atoms with Crippen molar-refractivity contribution in [2.75, 3.05) is 52.4 Å². The summed E-state index contributed by atoms with van der Waals surface area (Å²) in [5, 5.41) is 3.38. The molecule has 0 radical (unpaired) electrons. The molecular formula is C15H31N3O. The summed E-state index contributed by atoms with van der Waals surface area (Å²) in [6.07, 6.45) is 4.13. The Balaban J connectivity index is 1.55. The zero-order valence-corrected chi connectivity index (χ0v) is 12.7. The van der Waals surface area contributed by atoms with Gasteiger partial charge in [-0.25, -0.2) is 0 Å². The second-order valence-electron chi connectivity index (χ2n) is 5.96. The molecule has 4 nitrogen and oxygen atoms in total. The van der Waals surface area contributed by atoms with Crippen molar-refractivity contribution in [3.05, 3.63) is 0 Å². The van der Waals surface area contributed by atoms with Gasteiger partial charge in [-0.1, -0.05) is 6.92 Å². The molecule has 0 amide bonds. The Labute approximate surface area is 118 Å². The maximum Gasteiger partial charge on any atom is 0.0600 e. The Morgan fingerprint density at radius 1 is 1.16 bits per heavy atom. The molecule has 2 heterocycles. The van der Waals surface area contributed by atoms with Gasteiger partial charge in [0.05, 0.1) is 12.7 Å². The Hall–Kier alpha value is -0.160. The first kappa shape index (κ1) is 15.2. The fourth-order valence-corrected chi connectivity index (χ4v) is 3.00. The minimum Gasteiger partial charge on any atom is -0.377 e. The van der Waals surface area contributed by atoms with Crippen LogP contribution in [0.15, 0.2) is 0 Å². The summed E-state index contributed by atoms with van der Waals surface area (Å²) in [5.74, 6) is 0. The molecule has 1 atom stereocenters. The van der Waals surface area contributed by atoms with E-state index in [2.05, 4.69) is 29.0 Å². The second-order valence-corrected chi connectivity index (χ2v) is 5.96. The van der Waals surface area contributed by atoms with Crippen LogP contribution in [0.4, 0.5) is 0 Å². The van der Waals surface area contributed by atoms with Crippen LogP contribution in [-0.2, 0) is 4.74 Å². The smallest absolute Gasteiger partial charge is 0.0600 e. The average Bonchev–Trinajstić information content (AvgIpc) is 2.48. The van der Waals surface area contributed by atoms with Crippen molar-refractivity contribution < 1.29 is 4.74 Å². The first-order valence-corrected chi connectivity index (χ1v) is 8.08. The molecule has 2 fully saturated rings. The first-order chi connectivity index (χ1) is 9.29. The van der Waals surface area contributed by atoms with E-state index in [-0.39, 0.29) is 0 Å². The van der Waals surface area contributed by atoms with E-state index < -0.39 is 0 Å². The van der Waals surface area contributed by atoms with E-state index in [1.165, 1.54) is 45.4 Å². The summed E-state index contributed by atoms with van der Waals surface area (Å²) in [6, 6.07) is 0.744. The molecule has 2 rings (SSSR count). The summed E-state index contributed by atoms with van der Waals surface area (Å²) in [6.45, 7) is 13.8. The zero-order valence-electron chi connectivity index (χ0n) is 12.7. The predicted octanol–water partition coefficient (Wildman–Crippen LogP) is 1.17. The van der Waals surface area contributed by atoms with Gasteiger partial charge in [0.1, 0.15) is 0 Å². The van der Waals surface area contributed by atoms with Crippen LogP contribution < -0.4 is 5.32 Å². The van der Waals surface area contributed by atoms with E-state index in [0.29, 0.717) is 6.10 Å². The third-order valence-corrected chi connectivity index (χ3v) is 4.67. The van der Waals surface area contributed by atoms with Gasteiger partial charge >= 0.3 is 0 Å². The monoisotopic (exact) mass is 269 g/mol. The van der Waals surface area contributed by atoms with E-state index >= 15 is 0 Å². The number of piperidine rings is 1. The van der Waals surface area contributed by atoms with Gasteiger partial charge in [-0.15, -0.1) is 0 Å². The third-order valence-electron chi connectivity index (χ3n) is 4.67. The van der Waals surface area contributed by atoms with Crippen molar-refractivity contribution in [1.82, 2.24) is 15.1 Å². The Kier molecular flexibility index (Phi) is 6.57. The number of ether oxygens (including phenoxy) is 1. The maximum absolute atomic E-state index is 5.99. The fraction of sp³-hybridized carbons (Fsp3) is 1.00. The number of nitrogens with zero attached hydrogens (tertiary/aromatic N) is 2. The van der Waals surface area contributed by atoms with Crippen LogP contribution in [0.1, 0.15) is 33.1 Å². The van der Waals surface area contributed by atoms with Crippen molar-refractivity contribution in [3.8, 4) is 0 Å². The molecule has 2 aliphatic rings. The number of nitrogens with one attached hydrogen (secondary N) is 1. The third kappa shape index (κ3) is 5.03. The standard InChI is InChI=1S/C15H31N3O/c1-3-14(2)18-10-8-17(9-11-18)12-13-19-15-4-6-16-7-5-15/h14-16H,3-13H2,1-2H3. The van der Waals surface area contributed by atoms with Crippen molar-refractivity contribution in [2.45, 2.75) is 45.3 Å². The van der Waals surface area contributed by atoms with Gasteiger partial charge in [-0.2, -0.15) is 0 Å². The number of hydrogen-bond donors (Lipinski definition) is 1. The van der Waals surface area contributed by atoms with Crippen LogP contribution in [-0.4, -0.2) is 74.4 Å². The van der Waals surface area contributed by atoms with Crippen molar-refractivity contribution in [1.29, 1.82) is 0 Å². The molecule has 0 bridgehead atoms. The predicted molar refractivity (Wildman–Crippen MR) is 79.6 cm³/mol. The molecule has 0 aliphatic carbocycles. The van der Waals surface area contributed by atoms with E-state index in [0.717, 1.165) is 32.3 Å². The Morgan fingerprint density at radius 3 is 2.47 bits per heavy atom. The quantitative estimate of drug-likeness (QED) is 0.783. The maximum atomic E-state index is 5.99. The molecule has 1 N–H and O–H groups in total. The summed E-state index contributed by atoms with van der Waals surface area (Å²) in [7, 11) is 0. The summed E-state index contributed by atoms with van der Waals surface area (Å²) in [4.78, 5) is 5.17. The lowest BCUT2D eigenvalue weighted by Crippen LogP contribution is -2.50. The molecule has 19 heavy (non-hydrogen) atoms. The molecule has 2 aliphatic heterocycles. The SMILES string of the molecule is CCC(C)N1CCN(CCOC2CCNCC2)CC1. The summed E-state index contributed by atoms with van der Waals surface area (Å²) < 4.78 is 5.99. The van der Waals surface area contributed by atoms with Crippen LogP contribution in [0, 0.1) is 0 Å². The molecule has 0 aromatic carbocycles. The minimum absolute atomic E-state index is 0.502. The van der Waals surface area contributed by atoms with Gasteiger partial charge in [-0.05, 0) is 39.3 Å². The lowest BCUT2D eigenvalue weighted by molar-refractivity contribution is 0.0101. The lowest BCUT2D eigenvalue weighted by atomic mass is 10.1. The molecule has 4 heteroatoms. The fourth-order valence-electron chi connectivity index (χ4n) is 3.00. The number of piperazine rings is 1. The molecule has 0 saturated carbocycles. The molecular weight excluding hydrogens is 238 g/mol. The highest BCUT2D eigenvalue weighted by atomic mass is 16.5. The Bertz CT molecular complexity index is 236. The van der Waals surface area contributed by atoms with Crippen LogP contribution in [0.25, 0.3) is 0 Å². The van der Waals surface area contributed by atoms with Crippen molar-refractivity contribution in [2.24, 2.45) is 0 Å². The summed E-state index contributed by atoms with van der Waals surface area (Å²) in [5.41, 5.74) is 0. The highest BCUT2D eigenvalue weighted by Gasteiger charge is 2.20. The highest BCUT2D eigenvalue weighted by Crippen LogP contribution is 2.10. The number of hydrogen-bond acceptors (Lipinski definition) is 4. The molecule has 1 unspecified atom stereocenters. The summed E-state index contributed by atoms with van der Waals surface area (Å²) >= 11 is 0.